The molecule has 0 radical (unpaired) electrons. The van der Waals surface area contributed by atoms with Gasteiger partial charge in [0, 0.05) is 11.3 Å². The molecule has 26 heavy (non-hydrogen) atoms. The Kier molecular flexibility index (Phi) is 5.17. The van der Waals surface area contributed by atoms with Crippen LogP contribution in [0.3, 0.4) is 0 Å². The lowest BCUT2D eigenvalue weighted by molar-refractivity contribution is 0.102. The summed E-state index contributed by atoms with van der Waals surface area (Å²) in [5.41, 5.74) is 4.83. The van der Waals surface area contributed by atoms with E-state index in [1.165, 1.54) is 11.1 Å². The Balaban J connectivity index is 1.66. The lowest BCUT2D eigenvalue weighted by Crippen LogP contribution is -2.12. The molecule has 1 heterocycles. The van der Waals surface area contributed by atoms with Crippen molar-refractivity contribution in [3.63, 3.8) is 0 Å². The smallest absolute Gasteiger partial charge is 0.256 e. The third-order valence-corrected chi connectivity index (χ3v) is 4.02. The van der Waals surface area contributed by atoms with Crippen LogP contribution in [0.2, 0.25) is 0 Å². The van der Waals surface area contributed by atoms with Crippen molar-refractivity contribution in [2.45, 2.75) is 13.8 Å². The first-order valence-corrected chi connectivity index (χ1v) is 8.31. The topological polar surface area (TPSA) is 63.2 Å². The van der Waals surface area contributed by atoms with Crippen LogP contribution >= 0.6 is 0 Å². The third kappa shape index (κ3) is 4.19. The minimum atomic E-state index is -0.213. The maximum absolute atomic E-state index is 12.3. The quantitative estimate of drug-likeness (QED) is 0.702. The van der Waals surface area contributed by atoms with Gasteiger partial charge in [0.2, 0.25) is 0 Å². The van der Waals surface area contributed by atoms with E-state index < -0.39 is 0 Å². The number of carbonyl (C=O) groups is 1. The van der Waals surface area contributed by atoms with Crippen LogP contribution in [0.4, 0.5) is 17.2 Å². The van der Waals surface area contributed by atoms with Crippen LogP contribution in [0.25, 0.3) is 0 Å². The van der Waals surface area contributed by atoms with Crippen LogP contribution in [0.1, 0.15) is 21.5 Å². The molecule has 2 N–H and O–H groups in total. The first kappa shape index (κ1) is 17.5. The first-order chi connectivity index (χ1) is 12.5. The van der Waals surface area contributed by atoms with Gasteiger partial charge in [-0.05, 0) is 61.9 Å². The van der Waals surface area contributed by atoms with E-state index in [9.17, 15) is 4.79 Å². The Morgan fingerprint density at radius 1 is 1.00 bits per heavy atom. The lowest BCUT2D eigenvalue weighted by atomic mass is 10.1. The monoisotopic (exact) mass is 347 g/mol. The summed E-state index contributed by atoms with van der Waals surface area (Å²) in [5.74, 6) is 0.994. The number of hydrogen-bond acceptors (Lipinski definition) is 4. The Morgan fingerprint density at radius 2 is 1.77 bits per heavy atom. The van der Waals surface area contributed by atoms with Crippen LogP contribution in [0.15, 0.2) is 60.8 Å². The molecule has 0 fully saturated rings. The molecule has 0 saturated carbocycles. The number of methoxy groups -OCH3 is 1. The molecule has 0 aliphatic heterocycles. The van der Waals surface area contributed by atoms with Gasteiger partial charge in [0.05, 0.1) is 19.0 Å². The van der Waals surface area contributed by atoms with Crippen LogP contribution in [0.5, 0.6) is 5.75 Å². The van der Waals surface area contributed by atoms with E-state index in [4.69, 9.17) is 4.74 Å². The van der Waals surface area contributed by atoms with E-state index >= 15 is 0 Å². The van der Waals surface area contributed by atoms with Gasteiger partial charge in [-0.3, -0.25) is 4.79 Å². The second-order valence-corrected chi connectivity index (χ2v) is 6.06. The van der Waals surface area contributed by atoms with Crippen molar-refractivity contribution in [1.29, 1.82) is 0 Å². The van der Waals surface area contributed by atoms with Gasteiger partial charge >= 0.3 is 0 Å². The minimum Gasteiger partial charge on any atom is -0.497 e. The van der Waals surface area contributed by atoms with Crippen molar-refractivity contribution in [2.75, 3.05) is 17.7 Å². The van der Waals surface area contributed by atoms with Crippen LogP contribution < -0.4 is 15.4 Å². The highest BCUT2D eigenvalue weighted by molar-refractivity contribution is 6.03. The number of nitrogens with one attached hydrogen (secondary N) is 2. The largest absolute Gasteiger partial charge is 0.497 e. The summed E-state index contributed by atoms with van der Waals surface area (Å²) in [6, 6.07) is 16.8. The molecule has 0 unspecified atom stereocenters. The number of benzene rings is 2. The van der Waals surface area contributed by atoms with Gasteiger partial charge < -0.3 is 15.4 Å². The molecule has 5 heteroatoms. The van der Waals surface area contributed by atoms with E-state index in [0.29, 0.717) is 17.1 Å². The van der Waals surface area contributed by atoms with Gasteiger partial charge in [-0.15, -0.1) is 0 Å². The van der Waals surface area contributed by atoms with Crippen molar-refractivity contribution in [2.24, 2.45) is 0 Å². The van der Waals surface area contributed by atoms with E-state index in [2.05, 4.69) is 41.6 Å². The molecule has 1 aromatic heterocycles. The molecule has 2 aromatic carbocycles. The highest BCUT2D eigenvalue weighted by Gasteiger charge is 2.07. The molecular formula is C21H21N3O2. The molecule has 0 spiro atoms. The number of carbonyl (C=O) groups excluding carboxylic acids is 1. The number of pyridine rings is 1. The van der Waals surface area contributed by atoms with Crippen molar-refractivity contribution >= 4 is 23.1 Å². The SMILES string of the molecule is COc1ccc(C(=O)Nc2ccc(Nc3ccc(C)cc3C)cn2)cc1. The zero-order valence-electron chi connectivity index (χ0n) is 15.0. The summed E-state index contributed by atoms with van der Waals surface area (Å²) in [4.78, 5) is 16.6. The predicted octanol–water partition coefficient (Wildman–Crippen LogP) is 4.70. The lowest BCUT2D eigenvalue weighted by Gasteiger charge is -2.11. The summed E-state index contributed by atoms with van der Waals surface area (Å²) in [6.45, 7) is 4.13. The van der Waals surface area contributed by atoms with Gasteiger partial charge in [-0.2, -0.15) is 0 Å². The van der Waals surface area contributed by atoms with E-state index in [0.717, 1.165) is 11.4 Å². The Labute approximate surface area is 153 Å². The van der Waals surface area contributed by atoms with E-state index in [1.807, 2.05) is 12.1 Å². The maximum atomic E-state index is 12.3. The molecule has 0 bridgehead atoms. The zero-order valence-corrected chi connectivity index (χ0v) is 15.0. The molecule has 5 nitrogen and oxygen atoms in total. The van der Waals surface area contributed by atoms with Crippen LogP contribution in [0, 0.1) is 13.8 Å². The average molecular weight is 347 g/mol. The zero-order chi connectivity index (χ0) is 18.5. The number of anilines is 3. The molecule has 132 valence electrons. The van der Waals surface area contributed by atoms with Gasteiger partial charge in [0.25, 0.3) is 5.91 Å². The van der Waals surface area contributed by atoms with Crippen molar-refractivity contribution in [1.82, 2.24) is 4.98 Å². The Morgan fingerprint density at radius 3 is 2.38 bits per heavy atom. The molecule has 0 saturated heterocycles. The van der Waals surface area contributed by atoms with Crippen LogP contribution in [-0.2, 0) is 0 Å². The van der Waals surface area contributed by atoms with Crippen molar-refractivity contribution < 1.29 is 9.53 Å². The Bertz CT molecular complexity index is 904. The fraction of sp³-hybridized carbons (Fsp3) is 0.143. The normalized spacial score (nSPS) is 10.3. The molecule has 0 aliphatic carbocycles. The predicted molar refractivity (Wildman–Crippen MR) is 104 cm³/mol. The summed E-state index contributed by atoms with van der Waals surface area (Å²) in [7, 11) is 1.59. The fourth-order valence-electron chi connectivity index (χ4n) is 2.58. The molecule has 3 rings (SSSR count). The van der Waals surface area contributed by atoms with E-state index in [1.54, 1.807) is 43.6 Å². The molecule has 0 aliphatic rings. The summed E-state index contributed by atoms with van der Waals surface area (Å²) < 4.78 is 5.09. The van der Waals surface area contributed by atoms with Crippen LogP contribution in [-0.4, -0.2) is 18.0 Å². The van der Waals surface area contributed by atoms with E-state index in [-0.39, 0.29) is 5.91 Å². The number of ether oxygens (including phenoxy) is 1. The van der Waals surface area contributed by atoms with Crippen molar-refractivity contribution in [3.8, 4) is 5.75 Å². The number of aryl methyl sites for hydroxylation is 2. The summed E-state index contributed by atoms with van der Waals surface area (Å²) in [6.07, 6.45) is 1.70. The first-order valence-electron chi connectivity index (χ1n) is 8.31. The highest BCUT2D eigenvalue weighted by atomic mass is 16.5. The molecule has 0 atom stereocenters. The number of nitrogens with zero attached hydrogens (tertiary/aromatic N) is 1. The average Bonchev–Trinajstić information content (AvgIpc) is 2.65. The minimum absolute atomic E-state index is 0.213. The molecule has 3 aromatic rings. The summed E-state index contributed by atoms with van der Waals surface area (Å²) in [5, 5.41) is 6.12. The second kappa shape index (κ2) is 7.70. The maximum Gasteiger partial charge on any atom is 0.256 e. The number of rotatable bonds is 5. The van der Waals surface area contributed by atoms with Gasteiger partial charge in [0.1, 0.15) is 11.6 Å². The summed E-state index contributed by atoms with van der Waals surface area (Å²) >= 11 is 0. The number of amides is 1. The van der Waals surface area contributed by atoms with Gasteiger partial charge in [0.15, 0.2) is 0 Å². The second-order valence-electron chi connectivity index (χ2n) is 6.06. The molecular weight excluding hydrogens is 326 g/mol. The van der Waals surface area contributed by atoms with Crippen molar-refractivity contribution in [3.05, 3.63) is 77.5 Å². The van der Waals surface area contributed by atoms with Gasteiger partial charge in [-0.1, -0.05) is 17.7 Å². The Hall–Kier alpha value is -3.34. The van der Waals surface area contributed by atoms with Gasteiger partial charge in [-0.25, -0.2) is 4.98 Å². The fourth-order valence-corrected chi connectivity index (χ4v) is 2.58. The molecule has 1 amide bonds. The standard InChI is InChI=1S/C21H21N3O2/c1-14-4-10-19(15(2)12-14)23-17-7-11-20(22-13-17)24-21(25)16-5-8-18(26-3)9-6-16/h4-13,23H,1-3H3,(H,22,24,25). The third-order valence-electron chi connectivity index (χ3n) is 4.02. The number of aromatic nitrogens is 1. The number of hydrogen-bond donors (Lipinski definition) is 2. The highest BCUT2D eigenvalue weighted by Crippen LogP contribution is 2.22.